The maximum absolute atomic E-state index is 10.1. The van der Waals surface area contributed by atoms with E-state index in [0.717, 1.165) is 7.11 Å². The number of nitrogen functional groups attached to an aromatic ring is 1. The highest BCUT2D eigenvalue weighted by Crippen LogP contribution is 2.11. The average Bonchev–Trinajstić information content (AvgIpc) is 2.09. The number of benzene rings is 1. The summed E-state index contributed by atoms with van der Waals surface area (Å²) < 4.78 is 0. The lowest BCUT2D eigenvalue weighted by atomic mass is 10.3. The molecule has 0 saturated carbocycles. The summed E-state index contributed by atoms with van der Waals surface area (Å²) in [5, 5.41) is 17.1. The van der Waals surface area contributed by atoms with Gasteiger partial charge in [-0.15, -0.1) is 0 Å². The Hall–Kier alpha value is -1.62. The monoisotopic (exact) mass is 170 g/mol. The van der Waals surface area contributed by atoms with Crippen LogP contribution in [0.3, 0.4) is 0 Å². The van der Waals surface area contributed by atoms with Crippen LogP contribution in [0.4, 0.5) is 11.4 Å². The van der Waals surface area contributed by atoms with Crippen LogP contribution >= 0.6 is 0 Å². The molecule has 5 heteroatoms. The maximum atomic E-state index is 10.1. The fraction of sp³-hybridized carbons (Fsp3) is 0.143. The molecule has 0 aromatic heterocycles. The smallest absolute Gasteiger partial charge is 0.269 e. The van der Waals surface area contributed by atoms with Crippen molar-refractivity contribution in [2.24, 2.45) is 0 Å². The van der Waals surface area contributed by atoms with Crippen molar-refractivity contribution in [3.63, 3.8) is 0 Å². The zero-order valence-corrected chi connectivity index (χ0v) is 6.60. The van der Waals surface area contributed by atoms with E-state index in [0.29, 0.717) is 5.69 Å². The minimum atomic E-state index is -0.459. The SMILES string of the molecule is CO.Nc1ccc([N+](=O)[O-])cc1. The number of anilines is 1. The Labute approximate surface area is 69.6 Å². The van der Waals surface area contributed by atoms with Crippen LogP contribution in [0.1, 0.15) is 0 Å². The van der Waals surface area contributed by atoms with E-state index in [2.05, 4.69) is 0 Å². The van der Waals surface area contributed by atoms with Gasteiger partial charge < -0.3 is 10.8 Å². The highest BCUT2D eigenvalue weighted by molar-refractivity contribution is 5.44. The van der Waals surface area contributed by atoms with Crippen molar-refractivity contribution in [1.29, 1.82) is 0 Å². The summed E-state index contributed by atoms with van der Waals surface area (Å²) in [5.41, 5.74) is 5.90. The first-order chi connectivity index (χ1) is 5.70. The maximum Gasteiger partial charge on any atom is 0.269 e. The fourth-order valence-corrected chi connectivity index (χ4v) is 0.596. The van der Waals surface area contributed by atoms with Crippen LogP contribution < -0.4 is 5.73 Å². The summed E-state index contributed by atoms with van der Waals surface area (Å²) in [4.78, 5) is 9.62. The van der Waals surface area contributed by atoms with Crippen molar-refractivity contribution in [2.75, 3.05) is 12.8 Å². The van der Waals surface area contributed by atoms with E-state index in [1.54, 1.807) is 0 Å². The number of hydrogen-bond acceptors (Lipinski definition) is 4. The number of nitrogens with zero attached hydrogens (tertiary/aromatic N) is 1. The molecule has 0 atom stereocenters. The number of nitro benzene ring substituents is 1. The van der Waals surface area contributed by atoms with E-state index in [1.807, 2.05) is 0 Å². The average molecular weight is 170 g/mol. The molecule has 1 rings (SSSR count). The van der Waals surface area contributed by atoms with E-state index in [4.69, 9.17) is 10.8 Å². The Balaban J connectivity index is 0.000000561. The highest BCUT2D eigenvalue weighted by Gasteiger charge is 2.00. The molecular formula is C7H10N2O3. The van der Waals surface area contributed by atoms with Gasteiger partial charge in [-0.1, -0.05) is 0 Å². The zero-order chi connectivity index (χ0) is 9.56. The lowest BCUT2D eigenvalue weighted by molar-refractivity contribution is -0.384. The second-order valence-corrected chi connectivity index (χ2v) is 1.85. The molecule has 0 bridgehead atoms. The van der Waals surface area contributed by atoms with Crippen molar-refractivity contribution >= 4 is 11.4 Å². The number of rotatable bonds is 1. The lowest BCUT2D eigenvalue weighted by Gasteiger charge is -1.90. The fourth-order valence-electron chi connectivity index (χ4n) is 0.596. The first-order valence-electron chi connectivity index (χ1n) is 3.15. The van der Waals surface area contributed by atoms with Crippen molar-refractivity contribution in [2.45, 2.75) is 0 Å². The van der Waals surface area contributed by atoms with Crippen LogP contribution in [0.5, 0.6) is 0 Å². The van der Waals surface area contributed by atoms with Crippen molar-refractivity contribution in [1.82, 2.24) is 0 Å². The zero-order valence-electron chi connectivity index (χ0n) is 6.60. The summed E-state index contributed by atoms with van der Waals surface area (Å²) in [7, 11) is 1.00. The predicted molar refractivity (Wildman–Crippen MR) is 45.7 cm³/mol. The molecule has 0 saturated heterocycles. The quantitative estimate of drug-likeness (QED) is 0.370. The van der Waals surface area contributed by atoms with Gasteiger partial charge in [-0.2, -0.15) is 0 Å². The van der Waals surface area contributed by atoms with E-state index in [-0.39, 0.29) is 5.69 Å². The summed E-state index contributed by atoms with van der Waals surface area (Å²) in [5.74, 6) is 0. The second-order valence-electron chi connectivity index (χ2n) is 1.85. The third kappa shape index (κ3) is 2.98. The van der Waals surface area contributed by atoms with Gasteiger partial charge in [0.1, 0.15) is 0 Å². The number of non-ortho nitro benzene ring substituents is 1. The number of nitro groups is 1. The van der Waals surface area contributed by atoms with Gasteiger partial charge in [0, 0.05) is 24.9 Å². The normalized spacial score (nSPS) is 8.17. The topological polar surface area (TPSA) is 89.4 Å². The molecule has 66 valence electrons. The molecule has 0 radical (unpaired) electrons. The Morgan fingerprint density at radius 2 is 1.75 bits per heavy atom. The molecule has 0 aliphatic rings. The van der Waals surface area contributed by atoms with Crippen molar-refractivity contribution < 1.29 is 10.0 Å². The van der Waals surface area contributed by atoms with Gasteiger partial charge in [-0.25, -0.2) is 0 Å². The van der Waals surface area contributed by atoms with E-state index >= 15 is 0 Å². The molecule has 0 heterocycles. The van der Waals surface area contributed by atoms with Gasteiger partial charge in [0.05, 0.1) is 4.92 Å². The van der Waals surface area contributed by atoms with Gasteiger partial charge in [0.25, 0.3) is 5.69 Å². The third-order valence-corrected chi connectivity index (χ3v) is 1.10. The first kappa shape index (κ1) is 10.4. The molecule has 0 aliphatic carbocycles. The summed E-state index contributed by atoms with van der Waals surface area (Å²) in [6.07, 6.45) is 0. The van der Waals surface area contributed by atoms with E-state index in [1.165, 1.54) is 24.3 Å². The molecule has 1 aromatic carbocycles. The Kier molecular flexibility index (Phi) is 4.40. The molecule has 0 fully saturated rings. The van der Waals surface area contributed by atoms with Gasteiger partial charge in [-0.05, 0) is 12.1 Å². The molecule has 12 heavy (non-hydrogen) atoms. The van der Waals surface area contributed by atoms with Crippen LogP contribution in [0.2, 0.25) is 0 Å². The van der Waals surface area contributed by atoms with Crippen molar-refractivity contribution in [3.8, 4) is 0 Å². The highest BCUT2D eigenvalue weighted by atomic mass is 16.6. The second kappa shape index (κ2) is 5.09. The first-order valence-corrected chi connectivity index (χ1v) is 3.15. The lowest BCUT2D eigenvalue weighted by Crippen LogP contribution is -1.88. The molecule has 0 unspecified atom stereocenters. The minimum Gasteiger partial charge on any atom is -0.400 e. The molecule has 0 amide bonds. The van der Waals surface area contributed by atoms with Gasteiger partial charge >= 0.3 is 0 Å². The number of aliphatic hydroxyl groups is 1. The van der Waals surface area contributed by atoms with E-state index < -0.39 is 4.92 Å². The van der Waals surface area contributed by atoms with Crippen LogP contribution in [0.25, 0.3) is 0 Å². The summed E-state index contributed by atoms with van der Waals surface area (Å²) in [6.45, 7) is 0. The van der Waals surface area contributed by atoms with Crippen molar-refractivity contribution in [3.05, 3.63) is 34.4 Å². The minimum absolute atomic E-state index is 0.0641. The number of nitrogens with two attached hydrogens (primary N) is 1. The molecule has 0 aliphatic heterocycles. The van der Waals surface area contributed by atoms with Crippen LogP contribution in [0.15, 0.2) is 24.3 Å². The standard InChI is InChI=1S/C6H6N2O2.CH4O/c7-5-1-3-6(4-2-5)8(9)10;1-2/h1-4H,7H2;2H,1H3. The van der Waals surface area contributed by atoms with E-state index in [9.17, 15) is 10.1 Å². The summed E-state index contributed by atoms with van der Waals surface area (Å²) in [6, 6.07) is 5.74. The third-order valence-electron chi connectivity index (χ3n) is 1.10. The molecule has 3 N–H and O–H groups in total. The molecule has 5 nitrogen and oxygen atoms in total. The Morgan fingerprint density at radius 3 is 2.08 bits per heavy atom. The molecule has 0 spiro atoms. The van der Waals surface area contributed by atoms with Gasteiger partial charge in [-0.3, -0.25) is 10.1 Å². The van der Waals surface area contributed by atoms with Crippen LogP contribution in [-0.2, 0) is 0 Å². The Morgan fingerprint density at radius 1 is 1.33 bits per heavy atom. The number of hydrogen-bond donors (Lipinski definition) is 2. The Bertz CT molecular complexity index is 245. The van der Waals surface area contributed by atoms with Gasteiger partial charge in [0.2, 0.25) is 0 Å². The largest absolute Gasteiger partial charge is 0.400 e. The van der Waals surface area contributed by atoms with Crippen LogP contribution in [-0.4, -0.2) is 17.1 Å². The summed E-state index contributed by atoms with van der Waals surface area (Å²) >= 11 is 0. The molecular weight excluding hydrogens is 160 g/mol. The predicted octanol–water partition coefficient (Wildman–Crippen LogP) is 0.785. The van der Waals surface area contributed by atoms with Gasteiger partial charge in [0.15, 0.2) is 0 Å². The molecule has 1 aromatic rings. The number of aliphatic hydroxyl groups excluding tert-OH is 1. The van der Waals surface area contributed by atoms with Crippen LogP contribution in [0, 0.1) is 10.1 Å².